The third-order valence-electron chi connectivity index (χ3n) is 3.44. The maximum atomic E-state index is 12.2. The molecule has 0 spiro atoms. The van der Waals surface area contributed by atoms with Gasteiger partial charge in [0.2, 0.25) is 11.8 Å². The zero-order valence-corrected chi connectivity index (χ0v) is 13.0. The molecule has 1 aromatic rings. The van der Waals surface area contributed by atoms with Crippen molar-refractivity contribution in [3.05, 3.63) is 24.3 Å². The number of carbonyl (C=O) groups is 2. The Morgan fingerprint density at radius 1 is 1.32 bits per heavy atom. The van der Waals surface area contributed by atoms with Gasteiger partial charge in [-0.05, 0) is 19.1 Å². The molecule has 1 N–H and O–H groups in total. The van der Waals surface area contributed by atoms with Crippen LogP contribution >= 0.6 is 0 Å². The molecule has 6 heteroatoms. The summed E-state index contributed by atoms with van der Waals surface area (Å²) < 4.78 is 11.5. The molecule has 0 saturated carbocycles. The van der Waals surface area contributed by atoms with E-state index in [1.54, 1.807) is 4.90 Å². The number of amides is 2. The molecule has 1 heterocycles. The Balaban J connectivity index is 1.85. The molecular weight excluding hydrogens is 284 g/mol. The molecule has 0 bridgehead atoms. The summed E-state index contributed by atoms with van der Waals surface area (Å²) in [5.74, 6) is 1.31. The van der Waals surface area contributed by atoms with Crippen LogP contribution in [0, 0.1) is 0 Å². The standard InChI is InChI=1S/C16H22N2O4/c1-3-18(16(20)8-9-17-12(2)19)10-13-11-21-14-6-4-5-7-15(14)22-13/h4-7,13H,3,8-11H2,1-2H3,(H,17,19)/t13-/m1/s1. The summed E-state index contributed by atoms with van der Waals surface area (Å²) in [7, 11) is 0. The largest absolute Gasteiger partial charge is 0.486 e. The van der Waals surface area contributed by atoms with Crippen LogP contribution in [0.4, 0.5) is 0 Å². The summed E-state index contributed by atoms with van der Waals surface area (Å²) in [6, 6.07) is 7.51. The molecule has 0 saturated heterocycles. The highest BCUT2D eigenvalue weighted by Gasteiger charge is 2.24. The van der Waals surface area contributed by atoms with Crippen LogP contribution in [-0.4, -0.2) is 49.1 Å². The van der Waals surface area contributed by atoms with Crippen molar-refractivity contribution in [2.24, 2.45) is 0 Å². The van der Waals surface area contributed by atoms with Crippen LogP contribution in [0.3, 0.4) is 0 Å². The molecule has 0 aromatic heterocycles. The van der Waals surface area contributed by atoms with Gasteiger partial charge in [0.25, 0.3) is 0 Å². The first-order valence-corrected chi connectivity index (χ1v) is 7.50. The highest BCUT2D eigenvalue weighted by atomic mass is 16.6. The second-order valence-corrected chi connectivity index (χ2v) is 5.16. The number of para-hydroxylation sites is 2. The number of nitrogens with zero attached hydrogens (tertiary/aromatic N) is 1. The van der Waals surface area contributed by atoms with Crippen molar-refractivity contribution < 1.29 is 19.1 Å². The van der Waals surface area contributed by atoms with Gasteiger partial charge in [-0.25, -0.2) is 0 Å². The van der Waals surface area contributed by atoms with Crippen LogP contribution in [0.15, 0.2) is 24.3 Å². The number of hydrogen-bond donors (Lipinski definition) is 1. The smallest absolute Gasteiger partial charge is 0.224 e. The van der Waals surface area contributed by atoms with Crippen LogP contribution in [-0.2, 0) is 9.59 Å². The SMILES string of the molecule is CCN(C[C@@H]1COc2ccccc2O1)C(=O)CCNC(C)=O. The van der Waals surface area contributed by atoms with Crippen molar-refractivity contribution in [2.75, 3.05) is 26.2 Å². The first-order valence-electron chi connectivity index (χ1n) is 7.50. The molecule has 1 aliphatic heterocycles. The van der Waals surface area contributed by atoms with E-state index in [2.05, 4.69) is 5.32 Å². The summed E-state index contributed by atoms with van der Waals surface area (Å²) in [5.41, 5.74) is 0. The Morgan fingerprint density at radius 2 is 2.05 bits per heavy atom. The molecule has 0 radical (unpaired) electrons. The minimum absolute atomic E-state index is 0.00120. The molecule has 6 nitrogen and oxygen atoms in total. The summed E-state index contributed by atoms with van der Waals surface area (Å²) >= 11 is 0. The first-order chi connectivity index (χ1) is 10.6. The Bertz CT molecular complexity index is 533. The number of likely N-dealkylation sites (N-methyl/N-ethyl adjacent to an activating group) is 1. The van der Waals surface area contributed by atoms with Crippen molar-refractivity contribution in [2.45, 2.75) is 26.4 Å². The lowest BCUT2D eigenvalue weighted by molar-refractivity contribution is -0.132. The molecular formula is C16H22N2O4. The van der Waals surface area contributed by atoms with Crippen molar-refractivity contribution in [1.82, 2.24) is 10.2 Å². The van der Waals surface area contributed by atoms with Crippen LogP contribution in [0.25, 0.3) is 0 Å². The minimum Gasteiger partial charge on any atom is -0.486 e. The van der Waals surface area contributed by atoms with Crippen LogP contribution in [0.1, 0.15) is 20.3 Å². The lowest BCUT2D eigenvalue weighted by Gasteiger charge is -2.31. The van der Waals surface area contributed by atoms with Crippen molar-refractivity contribution in [3.63, 3.8) is 0 Å². The number of ether oxygens (including phenoxy) is 2. The van der Waals surface area contributed by atoms with Crippen LogP contribution in [0.5, 0.6) is 11.5 Å². The van der Waals surface area contributed by atoms with Crippen LogP contribution in [0.2, 0.25) is 0 Å². The van der Waals surface area contributed by atoms with Gasteiger partial charge < -0.3 is 19.7 Å². The maximum Gasteiger partial charge on any atom is 0.224 e. The van der Waals surface area contributed by atoms with Gasteiger partial charge in [0.1, 0.15) is 6.61 Å². The summed E-state index contributed by atoms with van der Waals surface area (Å²) in [4.78, 5) is 24.7. The fraction of sp³-hybridized carbons (Fsp3) is 0.500. The van der Waals surface area contributed by atoms with Gasteiger partial charge in [-0.3, -0.25) is 9.59 Å². The van der Waals surface area contributed by atoms with E-state index in [9.17, 15) is 9.59 Å². The molecule has 1 aromatic carbocycles. The highest BCUT2D eigenvalue weighted by molar-refractivity contribution is 5.78. The third-order valence-corrected chi connectivity index (χ3v) is 3.44. The number of benzene rings is 1. The predicted molar refractivity (Wildman–Crippen MR) is 81.9 cm³/mol. The van der Waals surface area contributed by atoms with Crippen molar-refractivity contribution in [3.8, 4) is 11.5 Å². The van der Waals surface area contributed by atoms with Gasteiger partial charge in [0, 0.05) is 26.4 Å². The van der Waals surface area contributed by atoms with E-state index in [0.29, 0.717) is 32.0 Å². The second-order valence-electron chi connectivity index (χ2n) is 5.16. The van der Waals surface area contributed by atoms with E-state index >= 15 is 0 Å². The van der Waals surface area contributed by atoms with Gasteiger partial charge in [-0.2, -0.15) is 0 Å². The minimum atomic E-state index is -0.181. The average Bonchev–Trinajstić information content (AvgIpc) is 2.52. The van der Waals surface area contributed by atoms with E-state index in [-0.39, 0.29) is 24.3 Å². The topological polar surface area (TPSA) is 67.9 Å². The zero-order chi connectivity index (χ0) is 15.9. The second kappa shape index (κ2) is 7.68. The zero-order valence-electron chi connectivity index (χ0n) is 13.0. The summed E-state index contributed by atoms with van der Waals surface area (Å²) in [6.45, 7) is 5.22. The number of rotatable bonds is 6. The van der Waals surface area contributed by atoms with Crippen molar-refractivity contribution >= 4 is 11.8 Å². The lowest BCUT2D eigenvalue weighted by Crippen LogP contribution is -2.44. The molecule has 0 aliphatic carbocycles. The first kappa shape index (κ1) is 16.1. The number of fused-ring (bicyclic) bond motifs is 1. The number of hydrogen-bond acceptors (Lipinski definition) is 4. The molecule has 2 rings (SSSR count). The number of carbonyl (C=O) groups excluding carboxylic acids is 2. The Morgan fingerprint density at radius 3 is 2.73 bits per heavy atom. The van der Waals surface area contributed by atoms with E-state index in [0.717, 1.165) is 5.75 Å². The van der Waals surface area contributed by atoms with Gasteiger partial charge in [-0.1, -0.05) is 12.1 Å². The Kier molecular flexibility index (Phi) is 5.63. The van der Waals surface area contributed by atoms with E-state index in [4.69, 9.17) is 9.47 Å². The molecule has 0 fully saturated rings. The summed E-state index contributed by atoms with van der Waals surface area (Å²) in [5, 5.41) is 2.63. The summed E-state index contributed by atoms with van der Waals surface area (Å²) in [6.07, 6.45) is 0.108. The molecule has 2 amide bonds. The lowest BCUT2D eigenvalue weighted by atomic mass is 10.2. The highest BCUT2D eigenvalue weighted by Crippen LogP contribution is 2.30. The van der Waals surface area contributed by atoms with Crippen molar-refractivity contribution in [1.29, 1.82) is 0 Å². The fourth-order valence-electron chi connectivity index (χ4n) is 2.31. The molecule has 120 valence electrons. The Labute approximate surface area is 130 Å². The predicted octanol–water partition coefficient (Wildman–Crippen LogP) is 1.20. The van der Waals surface area contributed by atoms with E-state index in [1.165, 1.54) is 6.92 Å². The molecule has 22 heavy (non-hydrogen) atoms. The fourth-order valence-corrected chi connectivity index (χ4v) is 2.31. The maximum absolute atomic E-state index is 12.2. The molecule has 0 unspecified atom stereocenters. The van der Waals surface area contributed by atoms with Gasteiger partial charge in [-0.15, -0.1) is 0 Å². The van der Waals surface area contributed by atoms with Gasteiger partial charge in [0.15, 0.2) is 17.6 Å². The molecule has 1 atom stereocenters. The number of nitrogens with one attached hydrogen (secondary N) is 1. The van der Waals surface area contributed by atoms with Gasteiger partial charge >= 0.3 is 0 Å². The van der Waals surface area contributed by atoms with Crippen LogP contribution < -0.4 is 14.8 Å². The quantitative estimate of drug-likeness (QED) is 0.857. The third kappa shape index (κ3) is 4.38. The van der Waals surface area contributed by atoms with E-state index in [1.807, 2.05) is 31.2 Å². The molecule has 1 aliphatic rings. The Hall–Kier alpha value is -2.24. The monoisotopic (exact) mass is 306 g/mol. The normalized spacial score (nSPS) is 16.0. The van der Waals surface area contributed by atoms with E-state index < -0.39 is 0 Å². The van der Waals surface area contributed by atoms with Gasteiger partial charge in [0.05, 0.1) is 6.54 Å². The average molecular weight is 306 g/mol.